The smallest absolute Gasteiger partial charge is 0.217 e. The van der Waals surface area contributed by atoms with Gasteiger partial charge >= 0.3 is 0 Å². The van der Waals surface area contributed by atoms with Gasteiger partial charge in [0.1, 0.15) is 25.3 Å². The van der Waals surface area contributed by atoms with E-state index in [0.29, 0.717) is 15.6 Å². The SMILES string of the molecule is OCC1COC(Cn2cncn2)(c2ccc(Cl)cc2Cl)O1. The highest BCUT2D eigenvalue weighted by Crippen LogP contribution is 2.40. The summed E-state index contributed by atoms with van der Waals surface area (Å²) in [7, 11) is 0. The minimum atomic E-state index is -1.12. The van der Waals surface area contributed by atoms with Crippen molar-refractivity contribution in [3.05, 3.63) is 46.5 Å². The molecule has 2 unspecified atom stereocenters. The van der Waals surface area contributed by atoms with Crippen molar-refractivity contribution in [2.24, 2.45) is 0 Å². The third-order valence-corrected chi connectivity index (χ3v) is 3.79. The molecule has 1 fully saturated rings. The van der Waals surface area contributed by atoms with Crippen molar-refractivity contribution in [1.82, 2.24) is 14.8 Å². The van der Waals surface area contributed by atoms with Gasteiger partial charge in [-0.1, -0.05) is 29.3 Å². The first-order valence-electron chi connectivity index (χ1n) is 6.33. The van der Waals surface area contributed by atoms with Crippen molar-refractivity contribution in [2.75, 3.05) is 13.2 Å². The van der Waals surface area contributed by atoms with Crippen LogP contribution in [0.1, 0.15) is 5.56 Å². The van der Waals surface area contributed by atoms with E-state index >= 15 is 0 Å². The van der Waals surface area contributed by atoms with Crippen LogP contribution in [0.15, 0.2) is 30.9 Å². The Kier molecular flexibility index (Phi) is 4.14. The maximum atomic E-state index is 9.29. The maximum Gasteiger partial charge on any atom is 0.217 e. The lowest BCUT2D eigenvalue weighted by molar-refractivity contribution is -0.191. The Morgan fingerprint density at radius 3 is 2.90 bits per heavy atom. The van der Waals surface area contributed by atoms with Crippen molar-refractivity contribution < 1.29 is 14.6 Å². The highest BCUT2D eigenvalue weighted by atomic mass is 35.5. The van der Waals surface area contributed by atoms with Crippen molar-refractivity contribution >= 4 is 23.2 Å². The van der Waals surface area contributed by atoms with Gasteiger partial charge in [0.05, 0.1) is 18.2 Å². The summed E-state index contributed by atoms with van der Waals surface area (Å²) in [6.45, 7) is 0.402. The second-order valence-corrected chi connectivity index (χ2v) is 5.55. The van der Waals surface area contributed by atoms with Crippen molar-refractivity contribution in [3.8, 4) is 0 Å². The summed E-state index contributed by atoms with van der Waals surface area (Å²) >= 11 is 12.2. The molecule has 0 saturated carbocycles. The summed E-state index contributed by atoms with van der Waals surface area (Å²) in [6.07, 6.45) is 2.57. The number of nitrogens with zero attached hydrogens (tertiary/aromatic N) is 3. The van der Waals surface area contributed by atoms with E-state index in [4.69, 9.17) is 32.7 Å². The van der Waals surface area contributed by atoms with Crippen LogP contribution < -0.4 is 0 Å². The van der Waals surface area contributed by atoms with Gasteiger partial charge in [-0.3, -0.25) is 0 Å². The topological polar surface area (TPSA) is 69.4 Å². The number of ether oxygens (including phenoxy) is 2. The van der Waals surface area contributed by atoms with E-state index in [1.807, 2.05) is 0 Å². The lowest BCUT2D eigenvalue weighted by Crippen LogP contribution is -2.34. The fourth-order valence-electron chi connectivity index (χ4n) is 2.29. The molecule has 0 spiro atoms. The molecule has 2 atom stereocenters. The van der Waals surface area contributed by atoms with Crippen LogP contribution in [-0.2, 0) is 21.8 Å². The molecule has 1 saturated heterocycles. The molecule has 21 heavy (non-hydrogen) atoms. The van der Waals surface area contributed by atoms with Gasteiger partial charge in [0, 0.05) is 10.6 Å². The predicted octanol–water partition coefficient (Wildman–Crippen LogP) is 1.85. The summed E-state index contributed by atoms with van der Waals surface area (Å²) in [6, 6.07) is 5.09. The van der Waals surface area contributed by atoms with Crippen LogP contribution in [0, 0.1) is 0 Å². The second kappa shape index (κ2) is 5.90. The monoisotopic (exact) mass is 329 g/mol. The highest BCUT2D eigenvalue weighted by Gasteiger charge is 2.45. The van der Waals surface area contributed by atoms with Gasteiger partial charge < -0.3 is 14.6 Å². The average Bonchev–Trinajstić information content (AvgIpc) is 3.09. The number of benzene rings is 1. The molecule has 2 heterocycles. The molecule has 3 rings (SSSR count). The molecule has 0 amide bonds. The molecule has 1 aromatic carbocycles. The Morgan fingerprint density at radius 1 is 1.43 bits per heavy atom. The number of aromatic nitrogens is 3. The van der Waals surface area contributed by atoms with Crippen molar-refractivity contribution in [2.45, 2.75) is 18.4 Å². The van der Waals surface area contributed by atoms with Gasteiger partial charge in [-0.15, -0.1) is 0 Å². The number of hydrogen-bond acceptors (Lipinski definition) is 5. The minimum Gasteiger partial charge on any atom is -0.394 e. The third-order valence-electron chi connectivity index (χ3n) is 3.24. The third kappa shape index (κ3) is 2.90. The first-order valence-corrected chi connectivity index (χ1v) is 7.09. The van der Waals surface area contributed by atoms with Gasteiger partial charge in [0.25, 0.3) is 0 Å². The quantitative estimate of drug-likeness (QED) is 0.926. The molecule has 0 bridgehead atoms. The lowest BCUT2D eigenvalue weighted by Gasteiger charge is -2.29. The Hall–Kier alpha value is -1.18. The summed E-state index contributed by atoms with van der Waals surface area (Å²) in [5.41, 5.74) is 0.639. The second-order valence-electron chi connectivity index (χ2n) is 4.70. The molecule has 1 aliphatic heterocycles. The first kappa shape index (κ1) is 14.7. The van der Waals surface area contributed by atoms with E-state index in [1.54, 1.807) is 29.2 Å². The van der Waals surface area contributed by atoms with E-state index in [0.717, 1.165) is 0 Å². The van der Waals surface area contributed by atoms with Gasteiger partial charge in [-0.25, -0.2) is 9.67 Å². The minimum absolute atomic E-state index is 0.135. The van der Waals surface area contributed by atoms with Gasteiger partial charge in [0.15, 0.2) is 0 Å². The van der Waals surface area contributed by atoms with E-state index in [-0.39, 0.29) is 19.8 Å². The first-order chi connectivity index (χ1) is 10.1. The normalized spacial score (nSPS) is 25.4. The zero-order chi connectivity index (χ0) is 14.9. The molecule has 1 N–H and O–H groups in total. The summed E-state index contributed by atoms with van der Waals surface area (Å²) in [5, 5.41) is 14.3. The standard InChI is InChI=1S/C13H13Cl2N3O3/c14-9-1-2-11(12(15)3-9)13(6-18-8-16-7-17-18)20-5-10(4-19)21-13/h1-3,7-8,10,19H,4-6H2. The molecular formula is C13H13Cl2N3O3. The Morgan fingerprint density at radius 2 is 2.29 bits per heavy atom. The molecule has 0 aliphatic carbocycles. The zero-order valence-electron chi connectivity index (χ0n) is 10.9. The van der Waals surface area contributed by atoms with E-state index < -0.39 is 11.9 Å². The number of aliphatic hydroxyl groups excluding tert-OH is 1. The molecule has 6 nitrogen and oxygen atoms in total. The summed E-state index contributed by atoms with van der Waals surface area (Å²) in [5.74, 6) is -1.12. The van der Waals surface area contributed by atoms with Gasteiger partial charge in [0.2, 0.25) is 5.79 Å². The molecule has 2 aromatic rings. The van der Waals surface area contributed by atoms with Gasteiger partial charge in [-0.05, 0) is 12.1 Å². The Balaban J connectivity index is 1.99. The number of rotatable bonds is 4. The van der Waals surface area contributed by atoms with Crippen LogP contribution in [0.3, 0.4) is 0 Å². The van der Waals surface area contributed by atoms with E-state index in [9.17, 15) is 5.11 Å². The number of aliphatic hydroxyl groups is 1. The highest BCUT2D eigenvalue weighted by molar-refractivity contribution is 6.35. The molecule has 1 aromatic heterocycles. The van der Waals surface area contributed by atoms with Crippen molar-refractivity contribution in [3.63, 3.8) is 0 Å². The summed E-state index contributed by atoms with van der Waals surface area (Å²) < 4.78 is 13.3. The van der Waals surface area contributed by atoms with Crippen LogP contribution in [0.2, 0.25) is 10.0 Å². The molecule has 0 radical (unpaired) electrons. The lowest BCUT2D eigenvalue weighted by atomic mass is 10.1. The van der Waals surface area contributed by atoms with E-state index in [1.165, 1.54) is 6.33 Å². The Labute approximate surface area is 131 Å². The fraction of sp³-hybridized carbons (Fsp3) is 0.385. The average molecular weight is 330 g/mol. The molecule has 112 valence electrons. The van der Waals surface area contributed by atoms with Crippen LogP contribution in [0.5, 0.6) is 0 Å². The Bertz CT molecular complexity index is 623. The van der Waals surface area contributed by atoms with Crippen LogP contribution in [0.4, 0.5) is 0 Å². The maximum absolute atomic E-state index is 9.29. The van der Waals surface area contributed by atoms with Crippen LogP contribution in [0.25, 0.3) is 0 Å². The number of halogens is 2. The van der Waals surface area contributed by atoms with Crippen LogP contribution >= 0.6 is 23.2 Å². The van der Waals surface area contributed by atoms with Crippen molar-refractivity contribution in [1.29, 1.82) is 0 Å². The molecular weight excluding hydrogens is 317 g/mol. The zero-order valence-corrected chi connectivity index (χ0v) is 12.5. The number of hydrogen-bond donors (Lipinski definition) is 1. The molecule has 1 aliphatic rings. The van der Waals surface area contributed by atoms with E-state index in [2.05, 4.69) is 10.1 Å². The van der Waals surface area contributed by atoms with Gasteiger partial charge in [-0.2, -0.15) is 5.10 Å². The summed E-state index contributed by atoms with van der Waals surface area (Å²) in [4.78, 5) is 3.90. The predicted molar refractivity (Wildman–Crippen MR) is 76.1 cm³/mol. The van der Waals surface area contributed by atoms with Crippen LogP contribution in [-0.4, -0.2) is 39.2 Å². The molecule has 8 heteroatoms. The largest absolute Gasteiger partial charge is 0.394 e. The fourth-order valence-corrected chi connectivity index (χ4v) is 2.84.